The summed E-state index contributed by atoms with van der Waals surface area (Å²) < 4.78 is 0. The van der Waals surface area contributed by atoms with E-state index in [0.717, 1.165) is 89.8 Å². The molecule has 1 unspecified atom stereocenters. The molecule has 3 aliphatic rings. The highest BCUT2D eigenvalue weighted by Gasteiger charge is 2.30. The summed E-state index contributed by atoms with van der Waals surface area (Å²) in [4.78, 5) is 31.1. The minimum atomic E-state index is -0.0234. The van der Waals surface area contributed by atoms with E-state index < -0.39 is 0 Å². The number of hydrogen-bond acceptors (Lipinski definition) is 6. The molecule has 1 N–H and O–H groups in total. The largest absolute Gasteiger partial charge is 0.356 e. The van der Waals surface area contributed by atoms with Gasteiger partial charge in [-0.25, -0.2) is 4.98 Å². The number of thiazole rings is 1. The smallest absolute Gasteiger partial charge is 0.239 e. The van der Waals surface area contributed by atoms with Crippen molar-refractivity contribution in [2.75, 3.05) is 70.9 Å². The lowest BCUT2D eigenvalue weighted by molar-refractivity contribution is -0.135. The molecule has 0 bridgehead atoms. The van der Waals surface area contributed by atoms with Crippen LogP contribution < -0.4 is 10.2 Å². The molecule has 0 aliphatic carbocycles. The summed E-state index contributed by atoms with van der Waals surface area (Å²) in [5.41, 5.74) is 1.16. The van der Waals surface area contributed by atoms with Gasteiger partial charge in [0.1, 0.15) is 0 Å². The number of guanidine groups is 1. The van der Waals surface area contributed by atoms with Gasteiger partial charge in [0, 0.05) is 77.8 Å². The second-order valence-electron chi connectivity index (χ2n) is 8.77. The van der Waals surface area contributed by atoms with Crippen molar-refractivity contribution in [1.29, 1.82) is 0 Å². The molecule has 1 aromatic rings. The van der Waals surface area contributed by atoms with Crippen LogP contribution in [0.2, 0.25) is 0 Å². The molecule has 3 fully saturated rings. The molecule has 0 radical (unpaired) electrons. The molecule has 1 amide bonds. The monoisotopic (exact) mass is 447 g/mol. The maximum absolute atomic E-state index is 12.7. The van der Waals surface area contributed by atoms with Crippen LogP contribution in [0.5, 0.6) is 0 Å². The lowest BCUT2D eigenvalue weighted by Crippen LogP contribution is -2.57. The number of anilines is 1. The van der Waals surface area contributed by atoms with E-state index in [9.17, 15) is 4.79 Å². The Morgan fingerprint density at radius 2 is 1.74 bits per heavy atom. The Balaban J connectivity index is 1.20. The fourth-order valence-corrected chi connectivity index (χ4v) is 5.69. The molecule has 9 heteroatoms. The van der Waals surface area contributed by atoms with Gasteiger partial charge in [0.05, 0.1) is 11.7 Å². The molecule has 172 valence electrons. The first-order chi connectivity index (χ1) is 15.2. The van der Waals surface area contributed by atoms with Gasteiger partial charge in [-0.3, -0.25) is 14.7 Å². The Labute approximate surface area is 190 Å². The van der Waals surface area contributed by atoms with Gasteiger partial charge in [-0.2, -0.15) is 0 Å². The van der Waals surface area contributed by atoms with Crippen LogP contribution in [0.1, 0.15) is 38.3 Å². The third-order valence-electron chi connectivity index (χ3n) is 6.73. The molecular formula is C22H37N7OS. The van der Waals surface area contributed by atoms with Crippen LogP contribution in [-0.2, 0) is 11.2 Å². The minimum Gasteiger partial charge on any atom is -0.356 e. The zero-order valence-corrected chi connectivity index (χ0v) is 19.9. The van der Waals surface area contributed by atoms with E-state index >= 15 is 0 Å². The number of nitrogens with one attached hydrogen (secondary N) is 1. The lowest BCUT2D eigenvalue weighted by Gasteiger charge is -2.39. The van der Waals surface area contributed by atoms with Crippen molar-refractivity contribution in [3.8, 4) is 0 Å². The predicted octanol–water partition coefficient (Wildman–Crippen LogP) is 1.49. The average Bonchev–Trinajstić information content (AvgIpc) is 3.58. The molecule has 1 atom stereocenters. The number of hydrogen-bond donors (Lipinski definition) is 1. The number of aromatic nitrogens is 1. The summed E-state index contributed by atoms with van der Waals surface area (Å²) in [6, 6.07) is -0.0234. The van der Waals surface area contributed by atoms with Gasteiger partial charge >= 0.3 is 0 Å². The number of amides is 1. The van der Waals surface area contributed by atoms with Crippen LogP contribution in [0, 0.1) is 0 Å². The molecule has 4 heterocycles. The van der Waals surface area contributed by atoms with Gasteiger partial charge in [0.25, 0.3) is 0 Å². The third kappa shape index (κ3) is 5.49. The quantitative estimate of drug-likeness (QED) is 0.527. The number of carbonyl (C=O) groups excluding carboxylic acids is 1. The van der Waals surface area contributed by atoms with Gasteiger partial charge in [-0.05, 0) is 32.6 Å². The Bertz CT molecular complexity index is 747. The molecule has 3 saturated heterocycles. The van der Waals surface area contributed by atoms with Crippen LogP contribution in [0.15, 0.2) is 10.4 Å². The molecule has 0 aromatic carbocycles. The number of piperazine rings is 1. The van der Waals surface area contributed by atoms with E-state index in [1.165, 1.54) is 18.0 Å². The average molecular weight is 448 g/mol. The highest BCUT2D eigenvalue weighted by atomic mass is 32.1. The molecule has 1 aromatic heterocycles. The first-order valence-electron chi connectivity index (χ1n) is 11.8. The standard InChI is InChI=1S/C22H37N7OS/c1-18(20(30)27-9-3-4-10-27)26-13-15-28(16-14-26)21(23-2)24-8-7-19-17-31-22(25-19)29-11-5-6-12-29/h17-18H,3-16H2,1-2H3,(H,23,24). The maximum atomic E-state index is 12.7. The Hall–Kier alpha value is -1.87. The van der Waals surface area contributed by atoms with Crippen LogP contribution >= 0.6 is 11.3 Å². The topological polar surface area (TPSA) is 67.3 Å². The van der Waals surface area contributed by atoms with Crippen molar-refractivity contribution in [3.63, 3.8) is 0 Å². The fourth-order valence-electron chi connectivity index (χ4n) is 4.78. The van der Waals surface area contributed by atoms with E-state index in [1.807, 2.05) is 11.9 Å². The van der Waals surface area contributed by atoms with Crippen LogP contribution in [-0.4, -0.2) is 104 Å². The van der Waals surface area contributed by atoms with Gasteiger partial charge < -0.3 is 20.0 Å². The lowest BCUT2D eigenvalue weighted by atomic mass is 10.2. The van der Waals surface area contributed by atoms with Gasteiger partial charge in [-0.1, -0.05) is 0 Å². The van der Waals surface area contributed by atoms with Crippen molar-refractivity contribution >= 4 is 28.3 Å². The zero-order valence-electron chi connectivity index (χ0n) is 19.1. The number of aliphatic imine (C=N–C) groups is 1. The third-order valence-corrected chi connectivity index (χ3v) is 7.68. The van der Waals surface area contributed by atoms with E-state index in [2.05, 4.69) is 37.3 Å². The molecule has 0 spiro atoms. The van der Waals surface area contributed by atoms with Crippen LogP contribution in [0.4, 0.5) is 5.13 Å². The second-order valence-corrected chi connectivity index (χ2v) is 9.61. The van der Waals surface area contributed by atoms with Crippen LogP contribution in [0.25, 0.3) is 0 Å². The fraction of sp³-hybridized carbons (Fsp3) is 0.773. The van der Waals surface area contributed by atoms with E-state index in [1.54, 1.807) is 11.3 Å². The maximum Gasteiger partial charge on any atom is 0.239 e. The first-order valence-corrected chi connectivity index (χ1v) is 12.7. The summed E-state index contributed by atoms with van der Waals surface area (Å²) in [6.45, 7) is 10.6. The summed E-state index contributed by atoms with van der Waals surface area (Å²) in [6.07, 6.45) is 5.77. The summed E-state index contributed by atoms with van der Waals surface area (Å²) >= 11 is 1.76. The minimum absolute atomic E-state index is 0.0234. The highest BCUT2D eigenvalue weighted by molar-refractivity contribution is 7.13. The predicted molar refractivity (Wildman–Crippen MR) is 127 cm³/mol. The van der Waals surface area contributed by atoms with Gasteiger partial charge in [-0.15, -0.1) is 11.3 Å². The molecule has 3 aliphatic heterocycles. The van der Waals surface area contributed by atoms with Gasteiger partial charge in [0.15, 0.2) is 11.1 Å². The molecule has 4 rings (SSSR count). The number of nitrogens with zero attached hydrogens (tertiary/aromatic N) is 6. The van der Waals surface area contributed by atoms with E-state index in [-0.39, 0.29) is 6.04 Å². The first kappa shape index (κ1) is 22.3. The van der Waals surface area contributed by atoms with Crippen molar-refractivity contribution in [2.45, 2.75) is 45.1 Å². The number of carbonyl (C=O) groups is 1. The molecular weight excluding hydrogens is 410 g/mol. The summed E-state index contributed by atoms with van der Waals surface area (Å²) in [5, 5.41) is 6.87. The van der Waals surface area contributed by atoms with E-state index in [4.69, 9.17) is 4.98 Å². The molecule has 8 nitrogen and oxygen atoms in total. The van der Waals surface area contributed by atoms with Gasteiger partial charge in [0.2, 0.25) is 5.91 Å². The summed E-state index contributed by atoms with van der Waals surface area (Å²) in [7, 11) is 1.85. The van der Waals surface area contributed by atoms with E-state index in [0.29, 0.717) is 5.91 Å². The Morgan fingerprint density at radius 1 is 1.06 bits per heavy atom. The van der Waals surface area contributed by atoms with Crippen molar-refractivity contribution in [2.24, 2.45) is 4.99 Å². The van der Waals surface area contributed by atoms with Crippen LogP contribution in [0.3, 0.4) is 0 Å². The highest BCUT2D eigenvalue weighted by Crippen LogP contribution is 2.24. The second kappa shape index (κ2) is 10.6. The SMILES string of the molecule is CN=C(NCCc1csc(N2CCCC2)n1)N1CCN(C(C)C(=O)N2CCCC2)CC1. The Kier molecular flexibility index (Phi) is 7.66. The normalized spacial score (nSPS) is 21.7. The number of rotatable bonds is 6. The summed E-state index contributed by atoms with van der Waals surface area (Å²) in [5.74, 6) is 1.25. The molecule has 0 saturated carbocycles. The van der Waals surface area contributed by atoms with Crippen molar-refractivity contribution in [3.05, 3.63) is 11.1 Å². The Morgan fingerprint density at radius 3 is 2.42 bits per heavy atom. The van der Waals surface area contributed by atoms with Crippen molar-refractivity contribution < 1.29 is 4.79 Å². The zero-order chi connectivity index (χ0) is 21.6. The van der Waals surface area contributed by atoms with Crippen molar-refractivity contribution in [1.82, 2.24) is 25.0 Å². The molecule has 31 heavy (non-hydrogen) atoms. The number of likely N-dealkylation sites (tertiary alicyclic amines) is 1.